The first-order valence-electron chi connectivity index (χ1n) is 13.5. The summed E-state index contributed by atoms with van der Waals surface area (Å²) in [5, 5.41) is 22.1. The molecule has 0 spiro atoms. The summed E-state index contributed by atoms with van der Waals surface area (Å²) in [6.45, 7) is 7.40. The summed E-state index contributed by atoms with van der Waals surface area (Å²) in [5.41, 5.74) is -0.587. The molecular formula is C26H42BN3O6S. The van der Waals surface area contributed by atoms with Gasteiger partial charge < -0.3 is 20.3 Å². The minimum Gasteiger partial charge on any atom is -0.426 e. The van der Waals surface area contributed by atoms with Crippen LogP contribution in [0, 0.1) is 18.8 Å². The van der Waals surface area contributed by atoms with Gasteiger partial charge in [-0.15, -0.1) is 0 Å². The van der Waals surface area contributed by atoms with Crippen molar-refractivity contribution in [1.82, 2.24) is 14.9 Å². The molecule has 3 unspecified atom stereocenters. The van der Waals surface area contributed by atoms with E-state index < -0.39 is 46.5 Å². The minimum atomic E-state index is -4.00. The molecule has 0 radical (unpaired) electrons. The highest BCUT2D eigenvalue weighted by molar-refractivity contribution is 7.89. The molecule has 0 bridgehead atoms. The summed E-state index contributed by atoms with van der Waals surface area (Å²) in [6, 6.07) is 5.73. The molecule has 2 fully saturated rings. The van der Waals surface area contributed by atoms with E-state index in [1.54, 1.807) is 32.0 Å². The van der Waals surface area contributed by atoms with Crippen LogP contribution in [0.3, 0.4) is 0 Å². The average Bonchev–Trinajstić information content (AvgIpc) is 3.17. The van der Waals surface area contributed by atoms with Crippen LogP contribution in [0.4, 0.5) is 0 Å². The van der Waals surface area contributed by atoms with Crippen LogP contribution in [-0.2, 0) is 19.6 Å². The smallest absolute Gasteiger partial charge is 0.426 e. The average molecular weight is 536 g/mol. The minimum absolute atomic E-state index is 0.0954. The Labute approximate surface area is 221 Å². The number of likely N-dealkylation sites (tertiary alicyclic amines) is 1. The Morgan fingerprint density at radius 1 is 1.22 bits per heavy atom. The molecule has 9 nitrogen and oxygen atoms in total. The van der Waals surface area contributed by atoms with Gasteiger partial charge in [0.2, 0.25) is 21.8 Å². The van der Waals surface area contributed by atoms with Crippen molar-refractivity contribution in [3.8, 4) is 0 Å². The van der Waals surface area contributed by atoms with Crippen LogP contribution < -0.4 is 10.0 Å². The summed E-state index contributed by atoms with van der Waals surface area (Å²) in [6.07, 6.45) is 6.28. The van der Waals surface area contributed by atoms with Crippen LogP contribution in [0.1, 0.15) is 77.7 Å². The Bertz CT molecular complexity index is 1060. The van der Waals surface area contributed by atoms with E-state index in [0.717, 1.165) is 37.7 Å². The normalized spacial score (nSPS) is 22.8. The topological polar surface area (TPSA) is 136 Å². The van der Waals surface area contributed by atoms with Crippen molar-refractivity contribution in [2.45, 2.75) is 101 Å². The van der Waals surface area contributed by atoms with Gasteiger partial charge in [0.05, 0.1) is 10.8 Å². The fraction of sp³-hybridized carbons (Fsp3) is 0.692. The van der Waals surface area contributed by atoms with Gasteiger partial charge >= 0.3 is 7.12 Å². The lowest BCUT2D eigenvalue weighted by Gasteiger charge is -2.36. The summed E-state index contributed by atoms with van der Waals surface area (Å²) in [5.74, 6) is -1.78. The fourth-order valence-electron chi connectivity index (χ4n) is 5.67. The third-order valence-electron chi connectivity index (χ3n) is 8.08. The van der Waals surface area contributed by atoms with E-state index in [0.29, 0.717) is 12.8 Å². The van der Waals surface area contributed by atoms with E-state index in [1.807, 2.05) is 13.8 Å². The number of amides is 2. The lowest BCUT2D eigenvalue weighted by molar-refractivity contribution is -0.142. The Morgan fingerprint density at radius 2 is 1.89 bits per heavy atom. The number of benzene rings is 1. The second-order valence-electron chi connectivity index (χ2n) is 11.0. The molecule has 0 aromatic heterocycles. The molecule has 1 saturated carbocycles. The van der Waals surface area contributed by atoms with Crippen molar-refractivity contribution in [2.24, 2.45) is 11.8 Å². The molecule has 1 aliphatic heterocycles. The summed E-state index contributed by atoms with van der Waals surface area (Å²) in [7, 11) is -5.71. The third-order valence-corrected chi connectivity index (χ3v) is 9.59. The molecule has 37 heavy (non-hydrogen) atoms. The van der Waals surface area contributed by atoms with Crippen molar-refractivity contribution in [3.63, 3.8) is 0 Å². The Balaban J connectivity index is 1.91. The van der Waals surface area contributed by atoms with E-state index in [4.69, 9.17) is 0 Å². The van der Waals surface area contributed by atoms with Crippen LogP contribution in [0.5, 0.6) is 0 Å². The van der Waals surface area contributed by atoms with Crippen molar-refractivity contribution in [2.75, 3.05) is 6.54 Å². The second-order valence-corrected chi connectivity index (χ2v) is 12.7. The fourth-order valence-corrected chi connectivity index (χ4v) is 7.29. The van der Waals surface area contributed by atoms with Crippen molar-refractivity contribution < 1.29 is 28.1 Å². The number of sulfonamides is 1. The molecule has 11 heteroatoms. The first kappa shape index (κ1) is 29.6. The Kier molecular flexibility index (Phi) is 9.82. The highest BCUT2D eigenvalue weighted by Crippen LogP contribution is 2.36. The van der Waals surface area contributed by atoms with Crippen LogP contribution in [0.25, 0.3) is 0 Å². The van der Waals surface area contributed by atoms with Crippen molar-refractivity contribution in [3.05, 3.63) is 29.8 Å². The van der Waals surface area contributed by atoms with Gasteiger partial charge in [-0.1, -0.05) is 65.0 Å². The highest BCUT2D eigenvalue weighted by atomic mass is 32.2. The molecule has 3 rings (SSSR count). The predicted octanol–water partition coefficient (Wildman–Crippen LogP) is 2.15. The molecule has 2 aliphatic rings. The Morgan fingerprint density at radius 3 is 2.46 bits per heavy atom. The zero-order chi connectivity index (χ0) is 27.4. The lowest BCUT2D eigenvalue weighted by Crippen LogP contribution is -2.60. The molecule has 1 aromatic rings. The van der Waals surface area contributed by atoms with Crippen LogP contribution >= 0.6 is 0 Å². The highest BCUT2D eigenvalue weighted by Gasteiger charge is 2.54. The molecule has 1 aliphatic carbocycles. The predicted molar refractivity (Wildman–Crippen MR) is 143 cm³/mol. The van der Waals surface area contributed by atoms with Gasteiger partial charge in [-0.05, 0) is 55.7 Å². The van der Waals surface area contributed by atoms with Gasteiger partial charge in [0.15, 0.2) is 0 Å². The molecule has 3 atom stereocenters. The maximum Gasteiger partial charge on any atom is 0.475 e. The zero-order valence-electron chi connectivity index (χ0n) is 22.4. The summed E-state index contributed by atoms with van der Waals surface area (Å²) < 4.78 is 29.5. The van der Waals surface area contributed by atoms with Crippen molar-refractivity contribution in [1.29, 1.82) is 0 Å². The van der Waals surface area contributed by atoms with Crippen LogP contribution in [0.2, 0.25) is 0 Å². The molecule has 4 N–H and O–H groups in total. The van der Waals surface area contributed by atoms with Gasteiger partial charge in [-0.3, -0.25) is 9.59 Å². The second kappa shape index (κ2) is 12.3. The zero-order valence-corrected chi connectivity index (χ0v) is 23.3. The molecule has 1 aromatic carbocycles. The van der Waals surface area contributed by atoms with E-state index >= 15 is 0 Å². The molecule has 206 valence electrons. The molecule has 1 saturated heterocycles. The Hall–Kier alpha value is -1.95. The maximum absolute atomic E-state index is 14.0. The largest absolute Gasteiger partial charge is 0.475 e. The van der Waals surface area contributed by atoms with Gasteiger partial charge in [0.25, 0.3) is 0 Å². The van der Waals surface area contributed by atoms with Crippen LogP contribution in [0.15, 0.2) is 29.2 Å². The number of carbonyl (C=O) groups excluding carboxylic acids is 2. The van der Waals surface area contributed by atoms with Gasteiger partial charge in [-0.2, -0.15) is 4.72 Å². The number of aryl methyl sites for hydroxylation is 1. The lowest BCUT2D eigenvalue weighted by atomic mass is 9.77. The summed E-state index contributed by atoms with van der Waals surface area (Å²) in [4.78, 5) is 29.1. The van der Waals surface area contributed by atoms with E-state index in [1.165, 1.54) is 11.0 Å². The SMILES string of the molecule is CCC(NC(=O)C(CC1CCCCC1)N1CCC(NS(=O)(=O)c2cccc(C)c2)(C(C)C)C1=O)B(O)O. The summed E-state index contributed by atoms with van der Waals surface area (Å²) >= 11 is 0. The quantitative estimate of drug-likeness (QED) is 0.321. The van der Waals surface area contributed by atoms with Gasteiger partial charge in [0, 0.05) is 6.54 Å². The van der Waals surface area contributed by atoms with E-state index in [2.05, 4.69) is 10.0 Å². The number of hydrogen-bond donors (Lipinski definition) is 4. The van der Waals surface area contributed by atoms with Gasteiger partial charge in [-0.25, -0.2) is 8.42 Å². The van der Waals surface area contributed by atoms with E-state index in [9.17, 15) is 28.1 Å². The maximum atomic E-state index is 14.0. The van der Waals surface area contributed by atoms with E-state index in [-0.39, 0.29) is 29.7 Å². The number of hydrogen-bond acceptors (Lipinski definition) is 6. The number of nitrogens with one attached hydrogen (secondary N) is 2. The monoisotopic (exact) mass is 535 g/mol. The number of carbonyl (C=O) groups is 2. The molecule has 2 amide bonds. The number of nitrogens with zero attached hydrogens (tertiary/aromatic N) is 1. The van der Waals surface area contributed by atoms with Gasteiger partial charge in [0.1, 0.15) is 11.6 Å². The standard InChI is InChI=1S/C26H42BN3O6S/c1-5-23(27(33)34)28-24(31)22(17-20-11-7-6-8-12-20)30-15-14-26(18(2)3,25(30)32)29-37(35,36)21-13-9-10-19(4)16-21/h9-10,13,16,18,20,22-23,29,33-34H,5-8,11-12,14-15,17H2,1-4H3,(H,28,31). The van der Waals surface area contributed by atoms with Crippen molar-refractivity contribution >= 4 is 29.0 Å². The first-order valence-corrected chi connectivity index (χ1v) is 15.0. The first-order chi connectivity index (χ1) is 17.4. The molecule has 1 heterocycles. The van der Waals surface area contributed by atoms with Crippen LogP contribution in [-0.4, -0.2) is 66.4 Å². The number of rotatable bonds is 11. The third kappa shape index (κ3) is 6.74. The molecular weight excluding hydrogens is 493 g/mol.